The molecule has 0 spiro atoms. The minimum atomic E-state index is 0.481. The average Bonchev–Trinajstić information content (AvgIpc) is 3.95. The Morgan fingerprint density at radius 1 is 0.390 bits per heavy atom. The summed E-state index contributed by atoms with van der Waals surface area (Å²) in [5.41, 5.74) is 10.3. The van der Waals surface area contributed by atoms with Gasteiger partial charge >= 0.3 is 0 Å². The summed E-state index contributed by atoms with van der Waals surface area (Å²) in [7, 11) is 0. The number of hydrogen-bond acceptors (Lipinski definition) is 4. The van der Waals surface area contributed by atoms with Crippen molar-refractivity contribution in [3.8, 4) is 46.2 Å². The van der Waals surface area contributed by atoms with E-state index in [1.165, 1.54) is 0 Å². The Hall–Kier alpha value is -8.34. The second-order valence-corrected chi connectivity index (χ2v) is 14.8. The predicted octanol–water partition coefficient (Wildman–Crippen LogP) is 12.4. The molecule has 0 aliphatic rings. The van der Waals surface area contributed by atoms with Gasteiger partial charge in [-0.2, -0.15) is 15.2 Å². The third-order valence-electron chi connectivity index (χ3n) is 11.5. The van der Waals surface area contributed by atoms with Crippen LogP contribution in [0.3, 0.4) is 0 Å². The predicted molar refractivity (Wildman–Crippen MR) is 238 cm³/mol. The highest BCUT2D eigenvalue weighted by Crippen LogP contribution is 2.43. The fraction of sp³-hybridized carbons (Fsp3) is 0. The van der Waals surface area contributed by atoms with Crippen LogP contribution in [-0.2, 0) is 0 Å². The van der Waals surface area contributed by atoms with Crippen LogP contribution >= 0.6 is 0 Å². The van der Waals surface area contributed by atoms with E-state index in [0.29, 0.717) is 23.2 Å². The topological polar surface area (TPSA) is 77.2 Å². The first-order chi connectivity index (χ1) is 29.2. The summed E-state index contributed by atoms with van der Waals surface area (Å²) in [6, 6.07) is 67.2. The smallest absolute Gasteiger partial charge is 0.238 e. The van der Waals surface area contributed by atoms with E-state index in [2.05, 4.69) is 141 Å². The molecule has 0 saturated heterocycles. The number of rotatable bonds is 5. The highest BCUT2D eigenvalue weighted by Gasteiger charge is 2.23. The van der Waals surface area contributed by atoms with E-state index in [4.69, 9.17) is 15.0 Å². The molecule has 4 heterocycles. The monoisotopic (exact) mass is 753 g/mol. The van der Waals surface area contributed by atoms with Gasteiger partial charge in [-0.25, -0.2) is 4.98 Å². The molecule has 0 saturated carbocycles. The van der Waals surface area contributed by atoms with Crippen LogP contribution in [-0.4, -0.2) is 28.7 Å². The maximum Gasteiger partial charge on any atom is 0.238 e. The normalized spacial score (nSPS) is 11.7. The van der Waals surface area contributed by atoms with Crippen LogP contribution < -0.4 is 0 Å². The van der Waals surface area contributed by atoms with E-state index in [-0.39, 0.29) is 0 Å². The summed E-state index contributed by atoms with van der Waals surface area (Å²) in [4.78, 5) is 15.3. The molecule has 12 rings (SSSR count). The Labute approximate surface area is 337 Å². The van der Waals surface area contributed by atoms with Crippen molar-refractivity contribution in [2.75, 3.05) is 0 Å². The lowest BCUT2D eigenvalue weighted by atomic mass is 10.1. The molecule has 0 unspecified atom stereocenters. The van der Waals surface area contributed by atoms with E-state index in [1.54, 1.807) is 0 Å². The van der Waals surface area contributed by atoms with Crippen molar-refractivity contribution in [3.63, 3.8) is 0 Å². The molecule has 274 valence electrons. The quantitative estimate of drug-likeness (QED) is 0.175. The number of hydrogen-bond donors (Lipinski definition) is 0. The van der Waals surface area contributed by atoms with E-state index in [1.807, 2.05) is 66.7 Å². The van der Waals surface area contributed by atoms with Gasteiger partial charge in [-0.1, -0.05) is 127 Å². The zero-order valence-electron chi connectivity index (χ0n) is 31.5. The molecule has 59 heavy (non-hydrogen) atoms. The van der Waals surface area contributed by atoms with Crippen LogP contribution in [0, 0.1) is 11.3 Å². The fourth-order valence-electron chi connectivity index (χ4n) is 9.02. The Balaban J connectivity index is 1.12. The molecule has 0 fully saturated rings. The number of nitriles is 1. The van der Waals surface area contributed by atoms with Gasteiger partial charge in [-0.05, 0) is 60.7 Å². The molecule has 7 heteroatoms. The highest BCUT2D eigenvalue weighted by atomic mass is 15.2. The van der Waals surface area contributed by atoms with Crippen LogP contribution in [0.2, 0.25) is 0 Å². The van der Waals surface area contributed by atoms with Crippen molar-refractivity contribution in [2.24, 2.45) is 0 Å². The largest absolute Gasteiger partial charge is 0.309 e. The molecule has 0 aliphatic heterocycles. The third kappa shape index (κ3) is 4.90. The summed E-state index contributed by atoms with van der Waals surface area (Å²) < 4.78 is 6.71. The van der Waals surface area contributed by atoms with Gasteiger partial charge in [0.2, 0.25) is 5.95 Å². The van der Waals surface area contributed by atoms with Crippen molar-refractivity contribution >= 4 is 65.4 Å². The lowest BCUT2D eigenvalue weighted by Crippen LogP contribution is -2.06. The Kier molecular flexibility index (Phi) is 7.16. The van der Waals surface area contributed by atoms with Gasteiger partial charge in [0.1, 0.15) is 6.07 Å². The Bertz CT molecular complexity index is 3630. The van der Waals surface area contributed by atoms with E-state index < -0.39 is 0 Å². The second-order valence-electron chi connectivity index (χ2n) is 14.8. The summed E-state index contributed by atoms with van der Waals surface area (Å²) in [5.74, 6) is 1.54. The maximum atomic E-state index is 11.0. The fourth-order valence-corrected chi connectivity index (χ4v) is 9.02. The van der Waals surface area contributed by atoms with Crippen molar-refractivity contribution in [2.45, 2.75) is 0 Å². The first-order valence-corrected chi connectivity index (χ1v) is 19.6. The van der Waals surface area contributed by atoms with Gasteiger partial charge in [0.05, 0.1) is 44.4 Å². The standard InChI is InChI=1S/C52H31N7/c53-32-35-31-34(51-54-50(33-15-3-1-4-16-33)55-52(56-51)59-44-24-12-7-19-37(44)38-20-8-13-25-45(38)59)27-29-42(35)58-43-23-11-9-21-39(43)40-28-30-47-48(49(40)58)41-22-10-14-26-46(41)57(47)36-17-5-2-6-18-36/h1-31H. The van der Waals surface area contributed by atoms with Crippen LogP contribution in [0.15, 0.2) is 188 Å². The molecule has 0 amide bonds. The minimum Gasteiger partial charge on any atom is -0.309 e. The molecule has 0 radical (unpaired) electrons. The summed E-state index contributed by atoms with van der Waals surface area (Å²) >= 11 is 0. The van der Waals surface area contributed by atoms with Gasteiger partial charge in [-0.3, -0.25) is 4.57 Å². The lowest BCUT2D eigenvalue weighted by Gasteiger charge is -2.14. The SMILES string of the molecule is N#Cc1cc(-c2nc(-c3ccccc3)nc(-n3c4ccccc4c4ccccc43)n2)ccc1-n1c2ccccc2c2ccc3c(c4ccccc4n3-c3ccccc3)c21. The number of aromatic nitrogens is 6. The number of benzene rings is 8. The third-order valence-corrected chi connectivity index (χ3v) is 11.5. The van der Waals surface area contributed by atoms with Gasteiger partial charge in [0, 0.05) is 49.1 Å². The first-order valence-electron chi connectivity index (χ1n) is 19.6. The van der Waals surface area contributed by atoms with Crippen molar-refractivity contribution in [1.29, 1.82) is 5.26 Å². The number of nitrogens with zero attached hydrogens (tertiary/aromatic N) is 7. The van der Waals surface area contributed by atoms with Crippen LogP contribution in [0.1, 0.15) is 5.56 Å². The molecule has 0 atom stereocenters. The second kappa shape index (κ2) is 12.8. The zero-order valence-corrected chi connectivity index (χ0v) is 31.5. The molecule has 4 aromatic heterocycles. The van der Waals surface area contributed by atoms with Gasteiger partial charge in [0.15, 0.2) is 11.6 Å². The molecular formula is C52H31N7. The van der Waals surface area contributed by atoms with Gasteiger partial charge in [-0.15, -0.1) is 0 Å². The molecule has 0 N–H and O–H groups in total. The van der Waals surface area contributed by atoms with Gasteiger partial charge < -0.3 is 9.13 Å². The average molecular weight is 754 g/mol. The highest BCUT2D eigenvalue weighted by molar-refractivity contribution is 6.26. The van der Waals surface area contributed by atoms with E-state index >= 15 is 0 Å². The molecule has 8 aromatic carbocycles. The summed E-state index contributed by atoms with van der Waals surface area (Å²) in [6.07, 6.45) is 0. The lowest BCUT2D eigenvalue weighted by molar-refractivity contribution is 0.953. The Morgan fingerprint density at radius 2 is 0.915 bits per heavy atom. The Morgan fingerprint density at radius 3 is 1.56 bits per heavy atom. The number of fused-ring (bicyclic) bond motifs is 10. The molecule has 7 nitrogen and oxygen atoms in total. The van der Waals surface area contributed by atoms with Crippen molar-refractivity contribution in [3.05, 3.63) is 194 Å². The van der Waals surface area contributed by atoms with Crippen LogP contribution in [0.5, 0.6) is 0 Å². The van der Waals surface area contributed by atoms with Crippen molar-refractivity contribution < 1.29 is 0 Å². The zero-order chi connectivity index (χ0) is 39.0. The van der Waals surface area contributed by atoms with Gasteiger partial charge in [0.25, 0.3) is 0 Å². The molecule has 0 aliphatic carbocycles. The van der Waals surface area contributed by atoms with Crippen LogP contribution in [0.25, 0.3) is 106 Å². The molecular weight excluding hydrogens is 723 g/mol. The van der Waals surface area contributed by atoms with E-state index in [0.717, 1.165) is 87.9 Å². The summed E-state index contributed by atoms with van der Waals surface area (Å²) in [5, 5.41) is 17.8. The first kappa shape index (κ1) is 32.9. The van der Waals surface area contributed by atoms with Crippen LogP contribution in [0.4, 0.5) is 0 Å². The maximum absolute atomic E-state index is 11.0. The molecule has 12 aromatic rings. The van der Waals surface area contributed by atoms with Crippen molar-refractivity contribution in [1.82, 2.24) is 28.7 Å². The number of para-hydroxylation sites is 5. The summed E-state index contributed by atoms with van der Waals surface area (Å²) in [6.45, 7) is 0. The molecule has 0 bridgehead atoms. The minimum absolute atomic E-state index is 0.481. The van der Waals surface area contributed by atoms with E-state index in [9.17, 15) is 5.26 Å².